The van der Waals surface area contributed by atoms with Crippen molar-refractivity contribution >= 4 is 5.91 Å². The Morgan fingerprint density at radius 2 is 2.33 bits per heavy atom. The largest absolute Gasteiger partial charge is 0.341 e. The van der Waals surface area contributed by atoms with Crippen molar-refractivity contribution in [3.63, 3.8) is 0 Å². The summed E-state index contributed by atoms with van der Waals surface area (Å²) in [4.78, 5) is 13.3. The molecule has 12 heavy (non-hydrogen) atoms. The highest BCUT2D eigenvalue weighted by Crippen LogP contribution is 2.45. The first kappa shape index (κ1) is 8.05. The molecule has 0 aromatic carbocycles. The van der Waals surface area contributed by atoms with Crippen molar-refractivity contribution < 1.29 is 4.79 Å². The molecule has 1 amide bonds. The molecule has 1 saturated heterocycles. The van der Waals surface area contributed by atoms with Crippen molar-refractivity contribution in [3.05, 3.63) is 0 Å². The van der Waals surface area contributed by atoms with Crippen LogP contribution in [0.25, 0.3) is 0 Å². The zero-order valence-electron chi connectivity index (χ0n) is 7.55. The smallest absolute Gasteiger partial charge is 0.224 e. The highest BCUT2D eigenvalue weighted by atomic mass is 16.2. The van der Waals surface area contributed by atoms with Crippen molar-refractivity contribution in [2.75, 3.05) is 13.1 Å². The van der Waals surface area contributed by atoms with Gasteiger partial charge in [-0.25, -0.2) is 0 Å². The number of nitrogens with two attached hydrogens (primary N) is 1. The highest BCUT2D eigenvalue weighted by molar-refractivity contribution is 5.79. The predicted octanol–water partition coefficient (Wildman–Crippen LogP) is 0.346. The lowest BCUT2D eigenvalue weighted by Crippen LogP contribution is -2.32. The molecule has 1 atom stereocenters. The van der Waals surface area contributed by atoms with Crippen LogP contribution in [0.3, 0.4) is 0 Å². The highest BCUT2D eigenvalue weighted by Gasteiger charge is 2.41. The molecular formula is C9H16N2O. The summed E-state index contributed by atoms with van der Waals surface area (Å²) in [5.41, 5.74) is 6.12. The number of hydrogen-bond acceptors (Lipinski definition) is 2. The summed E-state index contributed by atoms with van der Waals surface area (Å²) in [6.45, 7) is 3.94. The molecule has 2 fully saturated rings. The summed E-state index contributed by atoms with van der Waals surface area (Å²) in [5, 5.41) is 0. The van der Waals surface area contributed by atoms with Crippen LogP contribution in [-0.4, -0.2) is 29.9 Å². The monoisotopic (exact) mass is 168 g/mol. The molecule has 0 aromatic heterocycles. The summed E-state index contributed by atoms with van der Waals surface area (Å²) < 4.78 is 0. The normalized spacial score (nSPS) is 32.7. The van der Waals surface area contributed by atoms with Gasteiger partial charge in [-0.05, 0) is 18.3 Å². The van der Waals surface area contributed by atoms with Gasteiger partial charge in [0.25, 0.3) is 0 Å². The number of amides is 1. The Kier molecular flexibility index (Phi) is 1.65. The van der Waals surface area contributed by atoms with E-state index in [1.807, 2.05) is 4.90 Å². The fourth-order valence-electron chi connectivity index (χ4n) is 1.79. The zero-order chi connectivity index (χ0) is 8.77. The van der Waals surface area contributed by atoms with E-state index in [0.717, 1.165) is 13.1 Å². The second-order valence-corrected chi connectivity index (χ2v) is 4.55. The van der Waals surface area contributed by atoms with E-state index in [1.165, 1.54) is 12.8 Å². The lowest BCUT2D eigenvalue weighted by Gasteiger charge is -2.19. The lowest BCUT2D eigenvalue weighted by molar-refractivity contribution is -0.128. The van der Waals surface area contributed by atoms with Crippen LogP contribution in [0, 0.1) is 5.41 Å². The van der Waals surface area contributed by atoms with Crippen LogP contribution in [0.15, 0.2) is 0 Å². The van der Waals surface area contributed by atoms with Crippen LogP contribution in [0.4, 0.5) is 0 Å². The van der Waals surface area contributed by atoms with Crippen LogP contribution in [-0.2, 0) is 4.79 Å². The first-order chi connectivity index (χ1) is 5.59. The number of carbonyl (C=O) groups excluding carboxylic acids is 1. The Labute approximate surface area is 72.9 Å². The van der Waals surface area contributed by atoms with Crippen LogP contribution in [0.5, 0.6) is 0 Å². The van der Waals surface area contributed by atoms with Crippen LogP contribution < -0.4 is 5.73 Å². The molecule has 1 aliphatic carbocycles. The molecule has 2 N–H and O–H groups in total. The third kappa shape index (κ3) is 1.46. The van der Waals surface area contributed by atoms with E-state index in [1.54, 1.807) is 0 Å². The fraction of sp³-hybridized carbons (Fsp3) is 0.889. The first-order valence-electron chi connectivity index (χ1n) is 4.62. The minimum absolute atomic E-state index is 0.0832. The molecule has 1 aliphatic heterocycles. The van der Waals surface area contributed by atoms with Crippen molar-refractivity contribution in [3.8, 4) is 0 Å². The summed E-state index contributed by atoms with van der Waals surface area (Å²) >= 11 is 0. The molecule has 1 unspecified atom stereocenters. The molecule has 3 heteroatoms. The number of likely N-dealkylation sites (tertiary alicyclic amines) is 1. The molecule has 0 bridgehead atoms. The quantitative estimate of drug-likeness (QED) is 0.646. The average molecular weight is 168 g/mol. The minimum atomic E-state index is 0.0832. The summed E-state index contributed by atoms with van der Waals surface area (Å²) in [6.07, 6.45) is 3.09. The number of hydrogen-bond donors (Lipinski definition) is 1. The second kappa shape index (κ2) is 2.46. The first-order valence-corrected chi connectivity index (χ1v) is 4.62. The molecule has 2 aliphatic rings. The molecule has 0 radical (unpaired) electrons. The molecule has 0 aromatic rings. The molecule has 1 heterocycles. The summed E-state index contributed by atoms with van der Waals surface area (Å²) in [7, 11) is 0. The van der Waals surface area contributed by atoms with Gasteiger partial charge in [-0.2, -0.15) is 0 Å². The van der Waals surface area contributed by atoms with E-state index < -0.39 is 0 Å². The SMILES string of the molecule is CC1(CN2CC(N)CC2=O)CC1. The van der Waals surface area contributed by atoms with Crippen LogP contribution in [0.2, 0.25) is 0 Å². The number of rotatable bonds is 2. The van der Waals surface area contributed by atoms with Crippen molar-refractivity contribution in [2.24, 2.45) is 11.1 Å². The van der Waals surface area contributed by atoms with E-state index in [4.69, 9.17) is 5.73 Å². The zero-order valence-corrected chi connectivity index (χ0v) is 7.55. The Bertz CT molecular complexity index is 211. The Morgan fingerprint density at radius 3 is 2.75 bits per heavy atom. The van der Waals surface area contributed by atoms with Gasteiger partial charge < -0.3 is 10.6 Å². The van der Waals surface area contributed by atoms with Crippen molar-refractivity contribution in [2.45, 2.75) is 32.2 Å². The van der Waals surface area contributed by atoms with Gasteiger partial charge in [0.15, 0.2) is 0 Å². The Balaban J connectivity index is 1.92. The van der Waals surface area contributed by atoms with Gasteiger partial charge in [-0.1, -0.05) is 6.92 Å². The molecule has 2 rings (SSSR count). The maximum Gasteiger partial charge on any atom is 0.224 e. The minimum Gasteiger partial charge on any atom is -0.341 e. The fourth-order valence-corrected chi connectivity index (χ4v) is 1.79. The second-order valence-electron chi connectivity index (χ2n) is 4.55. The van der Waals surface area contributed by atoms with Gasteiger partial charge >= 0.3 is 0 Å². The van der Waals surface area contributed by atoms with E-state index in [2.05, 4.69) is 6.92 Å². The maximum atomic E-state index is 11.3. The lowest BCUT2D eigenvalue weighted by atomic mass is 10.1. The van der Waals surface area contributed by atoms with Gasteiger partial charge in [0.1, 0.15) is 0 Å². The molecule has 1 saturated carbocycles. The number of nitrogens with zero attached hydrogens (tertiary/aromatic N) is 1. The van der Waals surface area contributed by atoms with Crippen molar-refractivity contribution in [1.82, 2.24) is 4.90 Å². The standard InChI is InChI=1S/C9H16N2O/c1-9(2-3-9)6-11-5-7(10)4-8(11)12/h7H,2-6,10H2,1H3. The van der Waals surface area contributed by atoms with E-state index in [-0.39, 0.29) is 11.9 Å². The average Bonchev–Trinajstić information content (AvgIpc) is 2.58. The predicted molar refractivity (Wildman–Crippen MR) is 46.5 cm³/mol. The topological polar surface area (TPSA) is 46.3 Å². The number of carbonyl (C=O) groups is 1. The summed E-state index contributed by atoms with van der Waals surface area (Å²) in [5.74, 6) is 0.246. The van der Waals surface area contributed by atoms with Gasteiger partial charge in [0.05, 0.1) is 0 Å². The molecule has 0 spiro atoms. The van der Waals surface area contributed by atoms with Gasteiger partial charge in [-0.15, -0.1) is 0 Å². The third-order valence-electron chi connectivity index (χ3n) is 2.92. The third-order valence-corrected chi connectivity index (χ3v) is 2.92. The van der Waals surface area contributed by atoms with Gasteiger partial charge in [-0.3, -0.25) is 4.79 Å². The van der Waals surface area contributed by atoms with Crippen LogP contribution in [0.1, 0.15) is 26.2 Å². The van der Waals surface area contributed by atoms with E-state index >= 15 is 0 Å². The van der Waals surface area contributed by atoms with E-state index in [9.17, 15) is 4.79 Å². The Morgan fingerprint density at radius 1 is 1.67 bits per heavy atom. The maximum absolute atomic E-state index is 11.3. The van der Waals surface area contributed by atoms with Gasteiger partial charge in [0, 0.05) is 25.6 Å². The molecular weight excluding hydrogens is 152 g/mol. The van der Waals surface area contributed by atoms with Gasteiger partial charge in [0.2, 0.25) is 5.91 Å². The molecule has 3 nitrogen and oxygen atoms in total. The Hall–Kier alpha value is -0.570. The van der Waals surface area contributed by atoms with E-state index in [0.29, 0.717) is 11.8 Å². The van der Waals surface area contributed by atoms with Crippen LogP contribution >= 0.6 is 0 Å². The van der Waals surface area contributed by atoms with Crippen molar-refractivity contribution in [1.29, 1.82) is 0 Å². The molecule has 68 valence electrons. The summed E-state index contributed by atoms with van der Waals surface area (Å²) in [6, 6.07) is 0.0832.